The molecular weight excluding hydrogens is 692 g/mol. The van der Waals surface area contributed by atoms with Crippen LogP contribution in [-0.4, -0.2) is 0 Å². The van der Waals surface area contributed by atoms with Crippen LogP contribution < -0.4 is 0 Å². The minimum atomic E-state index is -0.0754. The summed E-state index contributed by atoms with van der Waals surface area (Å²) < 4.78 is 4.80. The van der Waals surface area contributed by atoms with Gasteiger partial charge in [-0.2, -0.15) is 0 Å². The van der Waals surface area contributed by atoms with Gasteiger partial charge < -0.3 is 0 Å². The van der Waals surface area contributed by atoms with E-state index in [1.165, 1.54) is 47.9 Å². The second kappa shape index (κ2) is 8.82. The molecule has 3 aromatic rings. The van der Waals surface area contributed by atoms with Gasteiger partial charge in [0.15, 0.2) is 0 Å². The van der Waals surface area contributed by atoms with Gasteiger partial charge in [0.1, 0.15) is 0 Å². The van der Waals surface area contributed by atoms with Crippen molar-refractivity contribution in [3.05, 3.63) is 106 Å². The number of allylic oxidation sites excluding steroid dienone is 4. The molecule has 0 radical (unpaired) electrons. The van der Waals surface area contributed by atoms with Gasteiger partial charge in [0.25, 0.3) is 0 Å². The summed E-state index contributed by atoms with van der Waals surface area (Å²) in [5.74, 6) is 0. The highest BCUT2D eigenvalue weighted by Gasteiger charge is 2.52. The Morgan fingerprint density at radius 3 is 1.63 bits per heavy atom. The molecule has 0 heterocycles. The Morgan fingerprint density at radius 2 is 1.11 bits per heavy atom. The highest BCUT2D eigenvalue weighted by atomic mass is 79.9. The van der Waals surface area contributed by atoms with E-state index in [1.807, 2.05) is 0 Å². The first-order chi connectivity index (χ1) is 16.8. The molecule has 0 saturated carbocycles. The minimum absolute atomic E-state index is 0.0482. The predicted octanol–water partition coefficient (Wildman–Crippen LogP) is 11.2. The Hall–Kier alpha value is -0.940. The summed E-state index contributed by atoms with van der Waals surface area (Å²) in [5.41, 5.74) is 11.6. The molecule has 0 saturated heterocycles. The summed E-state index contributed by atoms with van der Waals surface area (Å²) in [6.07, 6.45) is 7.82. The van der Waals surface area contributed by atoms with Crippen LogP contribution in [0.4, 0.5) is 0 Å². The second-order valence-electron chi connectivity index (χ2n) is 10.1. The Bertz CT molecular complexity index is 1390. The number of fused-ring (bicyclic) bond motifs is 5. The summed E-state index contributed by atoms with van der Waals surface area (Å²) >= 11 is 15.3. The van der Waals surface area contributed by atoms with Gasteiger partial charge in [0.2, 0.25) is 0 Å². The van der Waals surface area contributed by atoms with Gasteiger partial charge >= 0.3 is 0 Å². The maximum absolute atomic E-state index is 3.88. The number of hydrogen-bond donors (Lipinski definition) is 0. The summed E-state index contributed by atoms with van der Waals surface area (Å²) in [7, 11) is 0. The van der Waals surface area contributed by atoms with Crippen LogP contribution in [0.5, 0.6) is 0 Å². The Morgan fingerprint density at radius 1 is 0.629 bits per heavy atom. The average Bonchev–Trinajstić information content (AvgIpc) is 3.25. The minimum Gasteiger partial charge on any atom is -0.0642 e. The molecule has 0 aliphatic heterocycles. The van der Waals surface area contributed by atoms with Crippen LogP contribution in [0.15, 0.2) is 84.1 Å². The van der Waals surface area contributed by atoms with Crippen molar-refractivity contribution < 1.29 is 0 Å². The standard InChI is InChI=1S/C31H26Br4/c1-3-30(26-13-18(32)5-9-22(26)23-10-6-19(33)14-27(23)30)17-31(4-2)28-15-20(34)7-11-24(28)25-12-8-21(35)16-29(25)31/h5-7,9-11,13-16H,3-4,8,12,17H2,1-2H3. The van der Waals surface area contributed by atoms with Crippen molar-refractivity contribution in [2.45, 2.75) is 56.8 Å². The van der Waals surface area contributed by atoms with Gasteiger partial charge in [0.05, 0.1) is 0 Å². The van der Waals surface area contributed by atoms with E-state index in [9.17, 15) is 0 Å². The largest absolute Gasteiger partial charge is 0.0642 e. The molecule has 178 valence electrons. The van der Waals surface area contributed by atoms with Crippen molar-refractivity contribution in [1.29, 1.82) is 0 Å². The molecule has 0 N–H and O–H groups in total. The van der Waals surface area contributed by atoms with Gasteiger partial charge in [-0.15, -0.1) is 0 Å². The van der Waals surface area contributed by atoms with Crippen LogP contribution in [0.3, 0.4) is 0 Å². The molecule has 0 bridgehead atoms. The molecule has 1 unspecified atom stereocenters. The Labute approximate surface area is 241 Å². The van der Waals surface area contributed by atoms with E-state index in [0.717, 1.165) is 41.0 Å². The van der Waals surface area contributed by atoms with Gasteiger partial charge in [-0.05, 0) is 124 Å². The molecule has 0 fully saturated rings. The zero-order chi connectivity index (χ0) is 24.5. The maximum Gasteiger partial charge on any atom is 0.0225 e. The quantitative estimate of drug-likeness (QED) is 0.252. The molecule has 6 rings (SSSR count). The van der Waals surface area contributed by atoms with E-state index in [-0.39, 0.29) is 10.8 Å². The molecule has 1 atom stereocenters. The van der Waals surface area contributed by atoms with E-state index in [0.29, 0.717) is 0 Å². The van der Waals surface area contributed by atoms with E-state index in [4.69, 9.17) is 0 Å². The molecule has 3 aliphatic carbocycles. The summed E-state index contributed by atoms with van der Waals surface area (Å²) in [6, 6.07) is 20.7. The molecule has 3 aliphatic rings. The topological polar surface area (TPSA) is 0 Å². The van der Waals surface area contributed by atoms with E-state index < -0.39 is 0 Å². The lowest BCUT2D eigenvalue weighted by atomic mass is 9.60. The highest BCUT2D eigenvalue weighted by Crippen LogP contribution is 2.63. The SMILES string of the molecule is CCC1(CC2(CC)c3cc(Br)ccc3-c3ccc(Br)cc32)C2=C(CCC(Br)=C2)c2ccc(Br)cc21. The van der Waals surface area contributed by atoms with Crippen LogP contribution in [0.1, 0.15) is 68.2 Å². The van der Waals surface area contributed by atoms with Crippen LogP contribution in [0, 0.1) is 0 Å². The lowest BCUT2D eigenvalue weighted by Crippen LogP contribution is -2.37. The lowest BCUT2D eigenvalue weighted by Gasteiger charge is -2.43. The van der Waals surface area contributed by atoms with Gasteiger partial charge in [-0.1, -0.05) is 95.8 Å². The molecule has 0 nitrogen and oxygen atoms in total. The zero-order valence-electron chi connectivity index (χ0n) is 19.8. The highest BCUT2D eigenvalue weighted by molar-refractivity contribution is 9.11. The fourth-order valence-corrected chi connectivity index (χ4v) is 8.58. The summed E-state index contributed by atoms with van der Waals surface area (Å²) in [5, 5.41) is 0. The predicted molar refractivity (Wildman–Crippen MR) is 162 cm³/mol. The van der Waals surface area contributed by atoms with E-state index >= 15 is 0 Å². The maximum atomic E-state index is 3.88. The van der Waals surface area contributed by atoms with Crippen molar-refractivity contribution in [2.24, 2.45) is 0 Å². The number of halogens is 4. The third-order valence-electron chi connectivity index (χ3n) is 8.67. The van der Waals surface area contributed by atoms with Crippen LogP contribution in [0.2, 0.25) is 0 Å². The van der Waals surface area contributed by atoms with Crippen LogP contribution >= 0.6 is 63.7 Å². The van der Waals surface area contributed by atoms with Gasteiger partial charge in [0, 0.05) is 24.2 Å². The van der Waals surface area contributed by atoms with Gasteiger partial charge in [-0.25, -0.2) is 0 Å². The number of benzene rings is 3. The smallest absolute Gasteiger partial charge is 0.0225 e. The fourth-order valence-electron chi connectivity index (χ4n) is 7.07. The van der Waals surface area contributed by atoms with Gasteiger partial charge in [-0.3, -0.25) is 0 Å². The van der Waals surface area contributed by atoms with Crippen LogP contribution in [0.25, 0.3) is 16.7 Å². The number of hydrogen-bond acceptors (Lipinski definition) is 0. The first-order valence-electron chi connectivity index (χ1n) is 12.3. The molecule has 0 amide bonds. The molecule has 0 spiro atoms. The van der Waals surface area contributed by atoms with Crippen LogP contribution in [-0.2, 0) is 10.8 Å². The van der Waals surface area contributed by atoms with Crippen molar-refractivity contribution in [3.63, 3.8) is 0 Å². The van der Waals surface area contributed by atoms with E-state index in [1.54, 1.807) is 5.57 Å². The molecular formula is C31H26Br4. The Kier molecular flexibility index (Phi) is 6.15. The first-order valence-corrected chi connectivity index (χ1v) is 15.5. The molecule has 35 heavy (non-hydrogen) atoms. The summed E-state index contributed by atoms with van der Waals surface area (Å²) in [6.45, 7) is 4.77. The Balaban J connectivity index is 1.65. The van der Waals surface area contributed by atoms with Crippen molar-refractivity contribution >= 4 is 69.3 Å². The molecule has 4 heteroatoms. The average molecular weight is 718 g/mol. The third kappa shape index (κ3) is 3.53. The summed E-state index contributed by atoms with van der Waals surface area (Å²) in [4.78, 5) is 0. The van der Waals surface area contributed by atoms with Crippen molar-refractivity contribution in [3.8, 4) is 11.1 Å². The molecule has 3 aromatic carbocycles. The van der Waals surface area contributed by atoms with E-state index in [2.05, 4.69) is 138 Å². The second-order valence-corrected chi connectivity index (χ2v) is 13.9. The third-order valence-corrected chi connectivity index (χ3v) is 10.8. The first kappa shape index (κ1) is 24.4. The fraction of sp³-hybridized carbons (Fsp3) is 0.290. The zero-order valence-corrected chi connectivity index (χ0v) is 26.2. The lowest BCUT2D eigenvalue weighted by molar-refractivity contribution is 0.340. The molecule has 0 aromatic heterocycles. The normalized spacial score (nSPS) is 21.4. The monoisotopic (exact) mass is 714 g/mol. The van der Waals surface area contributed by atoms with Crippen molar-refractivity contribution in [2.75, 3.05) is 0 Å². The van der Waals surface area contributed by atoms with Crippen molar-refractivity contribution in [1.82, 2.24) is 0 Å². The number of rotatable bonds is 4.